The van der Waals surface area contributed by atoms with Crippen LogP contribution in [0.15, 0.2) is 61.1 Å². The molecule has 0 bridgehead atoms. The minimum absolute atomic E-state index is 0.0163. The molecule has 154 valence electrons. The van der Waals surface area contributed by atoms with E-state index in [4.69, 9.17) is 0 Å². The Morgan fingerprint density at radius 2 is 1.47 bits per heavy atom. The molecule has 0 spiro atoms. The molecular formula is C23H25N5O2. The molecule has 1 aromatic carbocycles. The molecule has 0 radical (unpaired) electrons. The smallest absolute Gasteiger partial charge is 0.255 e. The molecule has 0 atom stereocenters. The number of carbonyl (C=O) groups is 2. The molecule has 0 aliphatic carbocycles. The third-order valence-electron chi connectivity index (χ3n) is 5.41. The van der Waals surface area contributed by atoms with Crippen molar-refractivity contribution in [2.75, 3.05) is 26.2 Å². The summed E-state index contributed by atoms with van der Waals surface area (Å²) in [7, 11) is 0. The molecule has 3 heterocycles. The number of carbonyl (C=O) groups excluding carboxylic acids is 2. The van der Waals surface area contributed by atoms with Gasteiger partial charge in [-0.15, -0.1) is 0 Å². The highest BCUT2D eigenvalue weighted by Gasteiger charge is 2.25. The van der Waals surface area contributed by atoms with Crippen LogP contribution in [0.25, 0.3) is 5.82 Å². The molecule has 2 amide bonds. The van der Waals surface area contributed by atoms with Gasteiger partial charge in [-0.2, -0.15) is 5.10 Å². The Balaban J connectivity index is 1.35. The van der Waals surface area contributed by atoms with Gasteiger partial charge in [0.25, 0.3) is 11.8 Å². The molecule has 7 heteroatoms. The van der Waals surface area contributed by atoms with Crippen LogP contribution in [0.1, 0.15) is 46.0 Å². The van der Waals surface area contributed by atoms with Crippen molar-refractivity contribution in [3.05, 3.63) is 77.7 Å². The molecule has 0 N–H and O–H groups in total. The second-order valence-electron chi connectivity index (χ2n) is 7.72. The quantitative estimate of drug-likeness (QED) is 0.671. The van der Waals surface area contributed by atoms with Crippen molar-refractivity contribution in [1.82, 2.24) is 24.6 Å². The Morgan fingerprint density at radius 3 is 1.97 bits per heavy atom. The van der Waals surface area contributed by atoms with E-state index in [1.54, 1.807) is 40.3 Å². The Bertz CT molecular complexity index is 1000. The molecule has 1 aliphatic rings. The van der Waals surface area contributed by atoms with Crippen molar-refractivity contribution in [1.29, 1.82) is 0 Å². The van der Waals surface area contributed by atoms with Gasteiger partial charge in [-0.05, 0) is 41.8 Å². The van der Waals surface area contributed by atoms with E-state index in [9.17, 15) is 9.59 Å². The topological polar surface area (TPSA) is 71.3 Å². The number of hydrogen-bond donors (Lipinski definition) is 0. The summed E-state index contributed by atoms with van der Waals surface area (Å²) in [5.74, 6) is 1.05. The highest BCUT2D eigenvalue weighted by Crippen LogP contribution is 2.17. The summed E-state index contributed by atoms with van der Waals surface area (Å²) in [6.45, 7) is 6.33. The number of aromatic nitrogens is 3. The molecule has 1 saturated heterocycles. The van der Waals surface area contributed by atoms with Crippen LogP contribution in [-0.4, -0.2) is 62.6 Å². The molecule has 0 saturated carbocycles. The molecular weight excluding hydrogens is 378 g/mol. The van der Waals surface area contributed by atoms with Crippen LogP contribution in [-0.2, 0) is 0 Å². The van der Waals surface area contributed by atoms with Gasteiger partial charge in [0, 0.05) is 50.3 Å². The monoisotopic (exact) mass is 403 g/mol. The molecule has 7 nitrogen and oxygen atoms in total. The normalized spacial score (nSPS) is 14.2. The molecule has 1 aliphatic heterocycles. The zero-order chi connectivity index (χ0) is 21.1. The lowest BCUT2D eigenvalue weighted by molar-refractivity contribution is 0.0535. The van der Waals surface area contributed by atoms with Crippen LogP contribution >= 0.6 is 0 Å². The lowest BCUT2D eigenvalue weighted by atomic mass is 10.0. The van der Waals surface area contributed by atoms with Crippen molar-refractivity contribution in [3.8, 4) is 5.82 Å². The summed E-state index contributed by atoms with van der Waals surface area (Å²) in [4.78, 5) is 33.5. The maximum absolute atomic E-state index is 12.8. The van der Waals surface area contributed by atoms with Gasteiger partial charge in [0.15, 0.2) is 5.82 Å². The largest absolute Gasteiger partial charge is 0.335 e. The summed E-state index contributed by atoms with van der Waals surface area (Å²) in [5.41, 5.74) is 2.45. The molecule has 30 heavy (non-hydrogen) atoms. The van der Waals surface area contributed by atoms with E-state index >= 15 is 0 Å². The first-order valence-electron chi connectivity index (χ1n) is 10.2. The highest BCUT2D eigenvalue weighted by atomic mass is 16.2. The second-order valence-corrected chi connectivity index (χ2v) is 7.72. The number of pyridine rings is 1. The van der Waals surface area contributed by atoms with Gasteiger partial charge >= 0.3 is 0 Å². The van der Waals surface area contributed by atoms with Crippen LogP contribution in [0.5, 0.6) is 0 Å². The van der Waals surface area contributed by atoms with E-state index in [0.717, 1.165) is 0 Å². The average molecular weight is 403 g/mol. The SMILES string of the molecule is CC(C)c1ccc(C(=O)N2CCN(C(=O)c3ccc(-n4cccn4)nc3)CC2)cc1. The fourth-order valence-corrected chi connectivity index (χ4v) is 3.54. The average Bonchev–Trinajstić information content (AvgIpc) is 3.33. The van der Waals surface area contributed by atoms with Gasteiger partial charge < -0.3 is 9.80 Å². The third-order valence-corrected chi connectivity index (χ3v) is 5.41. The Kier molecular flexibility index (Phi) is 5.61. The molecule has 3 aromatic rings. The first kappa shape index (κ1) is 19.8. The summed E-state index contributed by atoms with van der Waals surface area (Å²) in [5, 5.41) is 4.14. The fourth-order valence-electron chi connectivity index (χ4n) is 3.54. The first-order chi connectivity index (χ1) is 14.5. The number of hydrogen-bond acceptors (Lipinski definition) is 4. The number of benzene rings is 1. The van der Waals surface area contributed by atoms with Gasteiger partial charge in [-0.25, -0.2) is 9.67 Å². The van der Waals surface area contributed by atoms with E-state index in [0.29, 0.717) is 49.0 Å². The lowest BCUT2D eigenvalue weighted by Gasteiger charge is -2.34. The van der Waals surface area contributed by atoms with Gasteiger partial charge in [-0.3, -0.25) is 9.59 Å². The van der Waals surface area contributed by atoms with E-state index in [2.05, 4.69) is 23.9 Å². The van der Waals surface area contributed by atoms with Gasteiger partial charge in [0.05, 0.1) is 5.56 Å². The zero-order valence-electron chi connectivity index (χ0n) is 17.2. The lowest BCUT2D eigenvalue weighted by Crippen LogP contribution is -2.50. The maximum atomic E-state index is 12.8. The highest BCUT2D eigenvalue weighted by molar-refractivity contribution is 5.96. The number of rotatable bonds is 4. The van der Waals surface area contributed by atoms with E-state index in [1.165, 1.54) is 5.56 Å². The minimum Gasteiger partial charge on any atom is -0.335 e. The van der Waals surface area contributed by atoms with Crippen molar-refractivity contribution >= 4 is 11.8 Å². The molecule has 4 rings (SSSR count). The molecule has 2 aromatic heterocycles. The van der Waals surface area contributed by atoms with Crippen LogP contribution in [0.4, 0.5) is 0 Å². The Hall–Kier alpha value is -3.48. The van der Waals surface area contributed by atoms with Crippen LogP contribution in [0.3, 0.4) is 0 Å². The second kappa shape index (κ2) is 8.49. The summed E-state index contributed by atoms with van der Waals surface area (Å²) >= 11 is 0. The van der Waals surface area contributed by atoms with Gasteiger partial charge in [0.2, 0.25) is 0 Å². The predicted molar refractivity (Wildman–Crippen MR) is 114 cm³/mol. The van der Waals surface area contributed by atoms with Crippen molar-refractivity contribution in [2.24, 2.45) is 0 Å². The van der Waals surface area contributed by atoms with Crippen LogP contribution < -0.4 is 0 Å². The van der Waals surface area contributed by atoms with Gasteiger partial charge in [-0.1, -0.05) is 26.0 Å². The van der Waals surface area contributed by atoms with Crippen LogP contribution in [0.2, 0.25) is 0 Å². The predicted octanol–water partition coefficient (Wildman–Crippen LogP) is 2.99. The van der Waals surface area contributed by atoms with Crippen molar-refractivity contribution in [3.63, 3.8) is 0 Å². The summed E-state index contributed by atoms with van der Waals surface area (Å²) in [6.07, 6.45) is 5.06. The van der Waals surface area contributed by atoms with E-state index < -0.39 is 0 Å². The number of nitrogens with zero attached hydrogens (tertiary/aromatic N) is 5. The standard InChI is InChI=1S/C23H25N5O2/c1-17(2)18-4-6-19(7-5-18)22(29)26-12-14-27(15-13-26)23(30)20-8-9-21(24-16-20)28-11-3-10-25-28/h3-11,16-17H,12-15H2,1-2H3. The van der Waals surface area contributed by atoms with Crippen LogP contribution in [0, 0.1) is 0 Å². The first-order valence-corrected chi connectivity index (χ1v) is 10.2. The zero-order valence-corrected chi connectivity index (χ0v) is 17.2. The van der Waals surface area contributed by atoms with E-state index in [1.807, 2.05) is 35.2 Å². The molecule has 1 fully saturated rings. The number of piperazine rings is 1. The van der Waals surface area contributed by atoms with Crippen molar-refractivity contribution < 1.29 is 9.59 Å². The number of amides is 2. The summed E-state index contributed by atoms with van der Waals surface area (Å²) < 4.78 is 1.65. The van der Waals surface area contributed by atoms with Gasteiger partial charge in [0.1, 0.15) is 0 Å². The minimum atomic E-state index is -0.0668. The summed E-state index contributed by atoms with van der Waals surface area (Å²) in [6, 6.07) is 13.2. The Labute approximate surface area is 175 Å². The van der Waals surface area contributed by atoms with Crippen molar-refractivity contribution in [2.45, 2.75) is 19.8 Å². The molecule has 0 unspecified atom stereocenters. The maximum Gasteiger partial charge on any atom is 0.255 e. The van der Waals surface area contributed by atoms with E-state index in [-0.39, 0.29) is 11.8 Å². The third kappa shape index (κ3) is 4.10. The fraction of sp³-hybridized carbons (Fsp3) is 0.304. The Morgan fingerprint density at radius 1 is 0.867 bits per heavy atom.